The molecule has 5 heteroatoms. The van der Waals surface area contributed by atoms with Gasteiger partial charge in [-0.1, -0.05) is 35.9 Å². The van der Waals surface area contributed by atoms with E-state index in [9.17, 15) is 9.59 Å². The zero-order valence-electron chi connectivity index (χ0n) is 13.7. The summed E-state index contributed by atoms with van der Waals surface area (Å²) in [6, 6.07) is 13.6. The minimum Gasteiger partial charge on any atom is -0.370 e. The number of aromatic nitrogens is 2. The van der Waals surface area contributed by atoms with Crippen LogP contribution in [0, 0.1) is 13.8 Å². The highest BCUT2D eigenvalue weighted by Crippen LogP contribution is 2.28. The molecule has 5 nitrogen and oxygen atoms in total. The topological polar surface area (TPSA) is 78.0 Å². The van der Waals surface area contributed by atoms with Gasteiger partial charge in [0.15, 0.2) is 0 Å². The molecule has 24 heavy (non-hydrogen) atoms. The maximum atomic E-state index is 12.6. The fourth-order valence-corrected chi connectivity index (χ4v) is 2.79. The van der Waals surface area contributed by atoms with E-state index in [-0.39, 0.29) is 18.5 Å². The van der Waals surface area contributed by atoms with Gasteiger partial charge in [-0.3, -0.25) is 9.59 Å². The number of carbonyl (C=O) groups excluding carboxylic acids is 1. The molecule has 1 aromatic heterocycles. The van der Waals surface area contributed by atoms with Crippen LogP contribution in [-0.2, 0) is 11.3 Å². The van der Waals surface area contributed by atoms with Crippen LogP contribution in [0.3, 0.4) is 0 Å². The van der Waals surface area contributed by atoms with Gasteiger partial charge < -0.3 is 5.73 Å². The van der Waals surface area contributed by atoms with Crippen molar-refractivity contribution in [3.05, 3.63) is 63.9 Å². The molecule has 0 unspecified atom stereocenters. The van der Waals surface area contributed by atoms with E-state index < -0.39 is 5.91 Å². The lowest BCUT2D eigenvalue weighted by Crippen LogP contribution is -2.26. The molecule has 0 aliphatic rings. The highest BCUT2D eigenvalue weighted by Gasteiger charge is 2.14. The van der Waals surface area contributed by atoms with Crippen molar-refractivity contribution in [3.63, 3.8) is 0 Å². The SMILES string of the molecule is Cc1ccc(C)c(-c2nn(CCC(N)=O)c(=O)c3ccccc23)c1. The third-order valence-corrected chi connectivity index (χ3v) is 4.09. The number of benzene rings is 2. The standard InChI is InChI=1S/C19H19N3O2/c1-12-7-8-13(2)16(11-12)18-14-5-3-4-6-15(14)19(24)22(21-18)10-9-17(20)23/h3-8,11H,9-10H2,1-2H3,(H2,20,23). The zero-order valence-corrected chi connectivity index (χ0v) is 13.7. The van der Waals surface area contributed by atoms with Crippen LogP contribution < -0.4 is 11.3 Å². The fraction of sp³-hybridized carbons (Fsp3) is 0.211. The molecule has 0 saturated heterocycles. The molecule has 0 aliphatic carbocycles. The largest absolute Gasteiger partial charge is 0.370 e. The molecule has 2 aromatic carbocycles. The lowest BCUT2D eigenvalue weighted by molar-refractivity contribution is -0.118. The Morgan fingerprint density at radius 2 is 1.83 bits per heavy atom. The molecule has 3 aromatic rings. The van der Waals surface area contributed by atoms with Crippen molar-refractivity contribution in [1.29, 1.82) is 0 Å². The number of hydrogen-bond acceptors (Lipinski definition) is 3. The molecule has 0 spiro atoms. The van der Waals surface area contributed by atoms with E-state index >= 15 is 0 Å². The summed E-state index contributed by atoms with van der Waals surface area (Å²) in [6.45, 7) is 4.22. The average Bonchev–Trinajstić information content (AvgIpc) is 2.57. The molecule has 2 N–H and O–H groups in total. The molecule has 0 saturated carbocycles. The van der Waals surface area contributed by atoms with Gasteiger partial charge in [-0.2, -0.15) is 5.10 Å². The number of hydrogen-bond donors (Lipinski definition) is 1. The summed E-state index contributed by atoms with van der Waals surface area (Å²) in [6.07, 6.45) is 0.0808. The predicted octanol–water partition coefficient (Wildman–Crippen LogP) is 2.56. The Bertz CT molecular complexity index is 990. The van der Waals surface area contributed by atoms with Crippen LogP contribution >= 0.6 is 0 Å². The molecule has 0 bridgehead atoms. The van der Waals surface area contributed by atoms with E-state index in [0.29, 0.717) is 5.39 Å². The van der Waals surface area contributed by atoms with Crippen LogP contribution in [0.1, 0.15) is 17.5 Å². The quantitative estimate of drug-likeness (QED) is 0.802. The monoisotopic (exact) mass is 321 g/mol. The summed E-state index contributed by atoms with van der Waals surface area (Å²) >= 11 is 0. The molecule has 0 aliphatic heterocycles. The smallest absolute Gasteiger partial charge is 0.274 e. The molecule has 0 fully saturated rings. The fourth-order valence-electron chi connectivity index (χ4n) is 2.79. The molecular weight excluding hydrogens is 302 g/mol. The second kappa shape index (κ2) is 6.28. The van der Waals surface area contributed by atoms with Crippen molar-refractivity contribution in [2.24, 2.45) is 5.73 Å². The van der Waals surface area contributed by atoms with Gasteiger partial charge in [0.25, 0.3) is 5.56 Å². The van der Waals surface area contributed by atoms with E-state index in [0.717, 1.165) is 27.8 Å². The maximum absolute atomic E-state index is 12.6. The number of nitrogens with two attached hydrogens (primary N) is 1. The summed E-state index contributed by atoms with van der Waals surface area (Å²) in [4.78, 5) is 23.7. The lowest BCUT2D eigenvalue weighted by Gasteiger charge is -2.13. The Morgan fingerprint density at radius 1 is 1.12 bits per heavy atom. The van der Waals surface area contributed by atoms with Crippen molar-refractivity contribution >= 4 is 16.7 Å². The van der Waals surface area contributed by atoms with Crippen molar-refractivity contribution in [2.75, 3.05) is 0 Å². The van der Waals surface area contributed by atoms with Gasteiger partial charge in [0.1, 0.15) is 0 Å². The summed E-state index contributed by atoms with van der Waals surface area (Å²) in [5, 5.41) is 5.94. The van der Waals surface area contributed by atoms with E-state index in [2.05, 4.69) is 11.2 Å². The summed E-state index contributed by atoms with van der Waals surface area (Å²) in [7, 11) is 0. The lowest BCUT2D eigenvalue weighted by atomic mass is 9.99. The molecule has 0 radical (unpaired) electrons. The van der Waals surface area contributed by atoms with Gasteiger partial charge in [0.05, 0.1) is 17.6 Å². The van der Waals surface area contributed by atoms with Crippen molar-refractivity contribution in [2.45, 2.75) is 26.8 Å². The molecule has 1 heterocycles. The van der Waals surface area contributed by atoms with Crippen LogP contribution in [0.2, 0.25) is 0 Å². The van der Waals surface area contributed by atoms with E-state index in [1.807, 2.05) is 44.2 Å². The second-order valence-corrected chi connectivity index (χ2v) is 5.96. The third-order valence-electron chi connectivity index (χ3n) is 4.09. The van der Waals surface area contributed by atoms with Gasteiger partial charge in [-0.15, -0.1) is 0 Å². The van der Waals surface area contributed by atoms with Crippen LogP contribution in [-0.4, -0.2) is 15.7 Å². The van der Waals surface area contributed by atoms with Crippen molar-refractivity contribution < 1.29 is 4.79 Å². The number of aryl methyl sites for hydroxylation is 3. The van der Waals surface area contributed by atoms with Crippen molar-refractivity contribution in [3.8, 4) is 11.3 Å². The minimum absolute atomic E-state index is 0.0808. The molecular formula is C19H19N3O2. The van der Waals surface area contributed by atoms with Gasteiger partial charge in [-0.25, -0.2) is 4.68 Å². The van der Waals surface area contributed by atoms with E-state index in [1.54, 1.807) is 6.07 Å². The van der Waals surface area contributed by atoms with E-state index in [4.69, 9.17) is 5.73 Å². The highest BCUT2D eigenvalue weighted by molar-refractivity contribution is 5.94. The Labute approximate surface area is 139 Å². The first-order valence-corrected chi connectivity index (χ1v) is 7.83. The Balaban J connectivity index is 2.30. The third kappa shape index (κ3) is 2.93. The van der Waals surface area contributed by atoms with Crippen LogP contribution in [0.4, 0.5) is 0 Å². The molecule has 122 valence electrons. The van der Waals surface area contributed by atoms with Gasteiger partial charge in [0, 0.05) is 17.4 Å². The van der Waals surface area contributed by atoms with E-state index in [1.165, 1.54) is 4.68 Å². The van der Waals surface area contributed by atoms with Crippen LogP contribution in [0.5, 0.6) is 0 Å². The molecule has 0 atom stereocenters. The Hall–Kier alpha value is -2.95. The van der Waals surface area contributed by atoms with Crippen LogP contribution in [0.25, 0.3) is 22.0 Å². The Morgan fingerprint density at radius 3 is 2.54 bits per heavy atom. The van der Waals surface area contributed by atoms with Gasteiger partial charge in [0.2, 0.25) is 5.91 Å². The first kappa shape index (κ1) is 15.9. The second-order valence-electron chi connectivity index (χ2n) is 5.96. The predicted molar refractivity (Wildman–Crippen MR) is 94.7 cm³/mol. The normalized spacial score (nSPS) is 10.9. The summed E-state index contributed by atoms with van der Waals surface area (Å²) in [5.74, 6) is -0.454. The number of rotatable bonds is 4. The first-order chi connectivity index (χ1) is 11.5. The first-order valence-electron chi connectivity index (χ1n) is 7.83. The van der Waals surface area contributed by atoms with Gasteiger partial charge in [-0.05, 0) is 31.5 Å². The highest BCUT2D eigenvalue weighted by atomic mass is 16.1. The number of amides is 1. The van der Waals surface area contributed by atoms with Gasteiger partial charge >= 0.3 is 0 Å². The average molecular weight is 321 g/mol. The zero-order chi connectivity index (χ0) is 17.3. The molecule has 1 amide bonds. The summed E-state index contributed by atoms with van der Waals surface area (Å²) < 4.78 is 1.34. The van der Waals surface area contributed by atoms with Crippen LogP contribution in [0.15, 0.2) is 47.3 Å². The number of carbonyl (C=O) groups is 1. The number of nitrogens with zero attached hydrogens (tertiary/aromatic N) is 2. The summed E-state index contributed by atoms with van der Waals surface area (Å²) in [5.41, 5.74) is 8.94. The van der Waals surface area contributed by atoms with Crippen molar-refractivity contribution in [1.82, 2.24) is 9.78 Å². The number of primary amides is 1. The minimum atomic E-state index is -0.454. The number of fused-ring (bicyclic) bond motifs is 1. The Kier molecular flexibility index (Phi) is 4.16. The maximum Gasteiger partial charge on any atom is 0.274 e. The molecule has 3 rings (SSSR count).